The lowest BCUT2D eigenvalue weighted by Crippen LogP contribution is -2.63. The summed E-state index contributed by atoms with van der Waals surface area (Å²) in [6, 6.07) is 9.94. The first-order valence-electron chi connectivity index (χ1n) is 9.02. The van der Waals surface area contributed by atoms with Gasteiger partial charge in [0.25, 0.3) is 0 Å². The Bertz CT molecular complexity index is 963. The van der Waals surface area contributed by atoms with Crippen LogP contribution in [-0.2, 0) is 0 Å². The predicted molar refractivity (Wildman–Crippen MR) is 97.3 cm³/mol. The largest absolute Gasteiger partial charge is 0.389 e. The highest BCUT2D eigenvalue weighted by molar-refractivity contribution is 6.31. The Morgan fingerprint density at radius 1 is 1.07 bits per heavy atom. The smallest absolute Gasteiger partial charge is 0.221 e. The molecule has 4 rings (SSSR count). The average molecular weight is 383 g/mol. The average Bonchev–Trinajstić information content (AvgIpc) is 2.88. The highest BCUT2D eigenvalue weighted by Gasteiger charge is 2.72. The van der Waals surface area contributed by atoms with Crippen molar-refractivity contribution < 1.29 is 24.0 Å². The first-order valence-corrected chi connectivity index (χ1v) is 9.02. The fourth-order valence-electron chi connectivity index (χ4n) is 4.96. The molecule has 144 valence electrons. The molecule has 0 unspecified atom stereocenters. The second-order valence-electron chi connectivity index (χ2n) is 7.71. The third-order valence-electron chi connectivity index (χ3n) is 6.26. The molecular weight excluding hydrogens is 365 g/mol. The third-order valence-corrected chi connectivity index (χ3v) is 6.26. The van der Waals surface area contributed by atoms with Crippen LogP contribution in [0.3, 0.4) is 0 Å². The highest BCUT2D eigenvalue weighted by atomic mass is 19.1. The predicted octanol–water partition coefficient (Wildman–Crippen LogP) is 3.17. The van der Waals surface area contributed by atoms with Crippen molar-refractivity contribution in [3.05, 3.63) is 81.2 Å². The third kappa shape index (κ3) is 2.22. The number of carbonyl (C=O) groups excluding carboxylic acids is 2. The number of halogens is 1. The molecule has 2 aliphatic carbocycles. The van der Waals surface area contributed by atoms with Gasteiger partial charge >= 0.3 is 0 Å². The number of carbonyl (C=O) groups is 2. The number of benzene rings is 2. The van der Waals surface area contributed by atoms with Crippen LogP contribution in [0.2, 0.25) is 0 Å². The number of nitrogens with zero attached hydrogens (tertiary/aromatic N) is 1. The molecular formula is C21H18FNO5. The molecule has 0 aliphatic heterocycles. The molecule has 1 N–H and O–H groups in total. The van der Waals surface area contributed by atoms with E-state index < -0.39 is 45.3 Å². The number of hydrogen-bond donors (Lipinski definition) is 1. The van der Waals surface area contributed by atoms with Crippen molar-refractivity contribution in [2.45, 2.75) is 37.3 Å². The van der Waals surface area contributed by atoms with E-state index in [0.29, 0.717) is 0 Å². The Hall–Kier alpha value is -2.93. The number of fused-ring (bicyclic) bond motifs is 1. The molecule has 0 heterocycles. The van der Waals surface area contributed by atoms with Crippen molar-refractivity contribution in [2.75, 3.05) is 0 Å². The van der Waals surface area contributed by atoms with E-state index in [-0.39, 0.29) is 29.5 Å². The number of aliphatic hydroxyl groups is 1. The maximum atomic E-state index is 13.5. The van der Waals surface area contributed by atoms with E-state index in [9.17, 15) is 29.2 Å². The van der Waals surface area contributed by atoms with E-state index >= 15 is 0 Å². The zero-order chi connectivity index (χ0) is 20.3. The van der Waals surface area contributed by atoms with Gasteiger partial charge < -0.3 is 5.11 Å². The fraction of sp³-hybridized carbons (Fsp3) is 0.333. The van der Waals surface area contributed by atoms with Gasteiger partial charge in [0, 0.05) is 22.5 Å². The minimum Gasteiger partial charge on any atom is -0.389 e. The van der Waals surface area contributed by atoms with Gasteiger partial charge in [0.1, 0.15) is 11.2 Å². The van der Waals surface area contributed by atoms with E-state index in [0.717, 1.165) is 12.1 Å². The van der Waals surface area contributed by atoms with Gasteiger partial charge in [0.2, 0.25) is 6.04 Å². The van der Waals surface area contributed by atoms with Gasteiger partial charge in [-0.15, -0.1) is 0 Å². The van der Waals surface area contributed by atoms with Crippen LogP contribution < -0.4 is 0 Å². The molecule has 0 radical (unpaired) electrons. The first-order chi connectivity index (χ1) is 13.2. The van der Waals surface area contributed by atoms with Crippen molar-refractivity contribution in [1.29, 1.82) is 0 Å². The lowest BCUT2D eigenvalue weighted by atomic mass is 9.52. The Balaban J connectivity index is 2.03. The normalized spacial score (nSPS) is 28.4. The summed E-state index contributed by atoms with van der Waals surface area (Å²) in [5.41, 5.74) is -3.21. The fourth-order valence-corrected chi connectivity index (χ4v) is 4.96. The van der Waals surface area contributed by atoms with Crippen LogP contribution in [0.15, 0.2) is 48.5 Å². The van der Waals surface area contributed by atoms with E-state index in [1.54, 1.807) is 12.1 Å². The quantitative estimate of drug-likeness (QED) is 0.488. The summed E-state index contributed by atoms with van der Waals surface area (Å²) < 4.78 is 13.5. The van der Waals surface area contributed by atoms with Crippen LogP contribution in [0, 0.1) is 21.3 Å². The van der Waals surface area contributed by atoms with E-state index in [4.69, 9.17) is 0 Å². The summed E-state index contributed by atoms with van der Waals surface area (Å²) >= 11 is 0. The Morgan fingerprint density at radius 3 is 2.11 bits per heavy atom. The molecule has 3 atom stereocenters. The van der Waals surface area contributed by atoms with Crippen molar-refractivity contribution in [1.82, 2.24) is 0 Å². The summed E-state index contributed by atoms with van der Waals surface area (Å²) in [6.07, 6.45) is -0.0670. The molecule has 28 heavy (non-hydrogen) atoms. The van der Waals surface area contributed by atoms with Crippen molar-refractivity contribution in [2.24, 2.45) is 5.41 Å². The van der Waals surface area contributed by atoms with Gasteiger partial charge in [-0.1, -0.05) is 36.4 Å². The summed E-state index contributed by atoms with van der Waals surface area (Å²) in [5.74, 6) is -2.97. The summed E-state index contributed by atoms with van der Waals surface area (Å²) in [6.45, 7) is 1.39. The molecule has 1 fully saturated rings. The lowest BCUT2D eigenvalue weighted by Gasteiger charge is -2.49. The molecule has 0 bridgehead atoms. The maximum absolute atomic E-state index is 13.5. The van der Waals surface area contributed by atoms with Gasteiger partial charge in [-0.2, -0.15) is 0 Å². The zero-order valence-corrected chi connectivity index (χ0v) is 15.1. The molecule has 2 aromatic rings. The topological polar surface area (TPSA) is 97.5 Å². The van der Waals surface area contributed by atoms with Crippen LogP contribution in [0.25, 0.3) is 0 Å². The minimum atomic E-state index is -2.02. The molecule has 6 nitrogen and oxygen atoms in total. The Morgan fingerprint density at radius 2 is 1.61 bits per heavy atom. The SMILES string of the molecule is C[C@]1(O)CC[C@@H]([N+](=O)[O-])[C@H](c2ccc(F)cc2)C12C(=O)c1ccccc1C2=O. The zero-order valence-electron chi connectivity index (χ0n) is 15.1. The molecule has 1 spiro atoms. The van der Waals surface area contributed by atoms with Gasteiger partial charge in [0.15, 0.2) is 11.6 Å². The van der Waals surface area contributed by atoms with E-state index in [1.165, 1.54) is 31.2 Å². The molecule has 2 aliphatic rings. The monoisotopic (exact) mass is 383 g/mol. The molecule has 0 saturated heterocycles. The van der Waals surface area contributed by atoms with Crippen molar-refractivity contribution >= 4 is 11.6 Å². The van der Waals surface area contributed by atoms with Gasteiger partial charge in [0.05, 0.1) is 11.5 Å². The number of ketones is 2. The molecule has 7 heteroatoms. The standard InChI is InChI=1S/C21H18FNO5/c1-20(26)11-10-16(23(27)28)17(12-6-8-13(22)9-7-12)21(20)18(24)14-4-2-3-5-15(14)19(21)25/h2-9,16-17,26H,10-11H2,1H3/t16-,17+,20+/m1/s1. The number of hydrogen-bond acceptors (Lipinski definition) is 5. The van der Waals surface area contributed by atoms with Crippen LogP contribution in [0.4, 0.5) is 4.39 Å². The second kappa shape index (κ2) is 6.04. The lowest BCUT2D eigenvalue weighted by molar-refractivity contribution is -0.535. The van der Waals surface area contributed by atoms with Crippen molar-refractivity contribution in [3.63, 3.8) is 0 Å². The number of rotatable bonds is 2. The maximum Gasteiger partial charge on any atom is 0.221 e. The van der Waals surface area contributed by atoms with E-state index in [1.807, 2.05) is 0 Å². The number of Topliss-reactive ketones (excluding diaryl/α,β-unsaturated/α-hetero) is 2. The van der Waals surface area contributed by atoms with Crippen LogP contribution in [0.1, 0.15) is 52.0 Å². The van der Waals surface area contributed by atoms with Gasteiger partial charge in [-0.25, -0.2) is 4.39 Å². The minimum absolute atomic E-state index is 0.000693. The first kappa shape index (κ1) is 18.4. The van der Waals surface area contributed by atoms with Crippen LogP contribution >= 0.6 is 0 Å². The summed E-state index contributed by atoms with van der Waals surface area (Å²) in [5, 5.41) is 23.2. The Labute approximate surface area is 160 Å². The van der Waals surface area contributed by atoms with Crippen LogP contribution in [0.5, 0.6) is 0 Å². The molecule has 1 saturated carbocycles. The van der Waals surface area contributed by atoms with E-state index in [2.05, 4.69) is 0 Å². The Kier molecular flexibility index (Phi) is 3.97. The summed E-state index contributed by atoms with van der Waals surface area (Å²) in [4.78, 5) is 38.4. The molecule has 0 amide bonds. The van der Waals surface area contributed by atoms with Crippen molar-refractivity contribution in [3.8, 4) is 0 Å². The highest BCUT2D eigenvalue weighted by Crippen LogP contribution is 2.59. The van der Waals surface area contributed by atoms with Crippen LogP contribution in [-0.4, -0.2) is 33.2 Å². The van der Waals surface area contributed by atoms with Gasteiger partial charge in [-0.3, -0.25) is 19.7 Å². The van der Waals surface area contributed by atoms with Gasteiger partial charge in [-0.05, 0) is 31.0 Å². The number of nitro groups is 1. The summed E-state index contributed by atoms with van der Waals surface area (Å²) in [7, 11) is 0. The molecule has 2 aromatic carbocycles. The second-order valence-corrected chi connectivity index (χ2v) is 7.71. The molecule has 0 aromatic heterocycles.